The zero-order valence-electron chi connectivity index (χ0n) is 10.4. The van der Waals surface area contributed by atoms with Gasteiger partial charge in [0.2, 0.25) is 0 Å². The Hall–Kier alpha value is -0.940. The fourth-order valence-electron chi connectivity index (χ4n) is 1.50. The fourth-order valence-corrected chi connectivity index (χ4v) is 2.38. The van der Waals surface area contributed by atoms with Crippen LogP contribution >= 0.6 is 0 Å². The van der Waals surface area contributed by atoms with Gasteiger partial charge >= 0.3 is 0 Å². The van der Waals surface area contributed by atoms with Crippen molar-refractivity contribution in [3.05, 3.63) is 30.1 Å². The Labute approximate surface area is 103 Å². The minimum Gasteiger partial charge on any atom is -0.310 e. The van der Waals surface area contributed by atoms with E-state index in [1.807, 2.05) is 25.3 Å². The summed E-state index contributed by atoms with van der Waals surface area (Å²) in [6.45, 7) is 4.43. The molecule has 1 atom stereocenters. The van der Waals surface area contributed by atoms with Crippen LogP contribution in [0, 0.1) is 0 Å². The van der Waals surface area contributed by atoms with Gasteiger partial charge in [0.05, 0.1) is 5.75 Å². The maximum Gasteiger partial charge on any atom is 0.150 e. The van der Waals surface area contributed by atoms with Gasteiger partial charge < -0.3 is 5.32 Å². The summed E-state index contributed by atoms with van der Waals surface area (Å²) in [5.41, 5.74) is 1.12. The molecule has 0 unspecified atom stereocenters. The third-order valence-electron chi connectivity index (χ3n) is 2.71. The Morgan fingerprint density at radius 1 is 1.47 bits per heavy atom. The van der Waals surface area contributed by atoms with Crippen molar-refractivity contribution in [1.29, 1.82) is 0 Å². The number of pyridine rings is 1. The highest BCUT2D eigenvalue weighted by molar-refractivity contribution is 7.91. The van der Waals surface area contributed by atoms with E-state index in [0.29, 0.717) is 13.0 Å². The maximum absolute atomic E-state index is 11.3. The summed E-state index contributed by atoms with van der Waals surface area (Å²) in [4.78, 5) is 4.05. The standard InChI is InChI=1S/C12H20N2O2S/c1-3-17(15,16)9-5-8-14-11(2)12-6-4-7-13-10-12/h4,6-7,10-11,14H,3,5,8-9H2,1-2H3/t11-/m0/s1. The molecule has 0 saturated carbocycles. The minimum absolute atomic E-state index is 0.202. The molecular formula is C12H20N2O2S. The molecule has 0 aliphatic heterocycles. The van der Waals surface area contributed by atoms with Crippen LogP contribution in [-0.4, -0.2) is 31.5 Å². The second-order valence-electron chi connectivity index (χ2n) is 4.05. The Bertz CT molecular complexity index is 417. The van der Waals surface area contributed by atoms with Gasteiger partial charge in [-0.05, 0) is 31.5 Å². The third-order valence-corrected chi connectivity index (χ3v) is 4.50. The summed E-state index contributed by atoms with van der Waals surface area (Å²) in [6.07, 6.45) is 4.21. The van der Waals surface area contributed by atoms with E-state index in [-0.39, 0.29) is 17.5 Å². The number of hydrogen-bond donors (Lipinski definition) is 1. The van der Waals surface area contributed by atoms with Crippen LogP contribution in [0.4, 0.5) is 0 Å². The summed E-state index contributed by atoms with van der Waals surface area (Å²) in [6, 6.07) is 4.11. The Kier molecular flexibility index (Phi) is 5.58. The Balaban J connectivity index is 2.28. The van der Waals surface area contributed by atoms with E-state index >= 15 is 0 Å². The molecule has 1 aromatic heterocycles. The van der Waals surface area contributed by atoms with Crippen LogP contribution in [0.1, 0.15) is 31.9 Å². The molecule has 0 spiro atoms. The van der Waals surface area contributed by atoms with E-state index in [0.717, 1.165) is 5.56 Å². The fraction of sp³-hybridized carbons (Fsp3) is 0.583. The van der Waals surface area contributed by atoms with Crippen LogP contribution in [0.3, 0.4) is 0 Å². The number of sulfone groups is 1. The van der Waals surface area contributed by atoms with Gasteiger partial charge in [-0.1, -0.05) is 13.0 Å². The van der Waals surface area contributed by atoms with Crippen molar-refractivity contribution >= 4 is 9.84 Å². The van der Waals surface area contributed by atoms with Crippen molar-refractivity contribution in [1.82, 2.24) is 10.3 Å². The van der Waals surface area contributed by atoms with E-state index in [1.54, 1.807) is 13.1 Å². The summed E-state index contributed by atoms with van der Waals surface area (Å²) >= 11 is 0. The summed E-state index contributed by atoms with van der Waals surface area (Å²) < 4.78 is 22.6. The predicted molar refractivity (Wildman–Crippen MR) is 69.6 cm³/mol. The van der Waals surface area contributed by atoms with Crippen molar-refractivity contribution < 1.29 is 8.42 Å². The summed E-state index contributed by atoms with van der Waals surface area (Å²) in [5, 5.41) is 3.29. The molecule has 4 nitrogen and oxygen atoms in total. The molecule has 96 valence electrons. The van der Waals surface area contributed by atoms with E-state index in [9.17, 15) is 8.42 Å². The third kappa shape index (κ3) is 5.28. The first kappa shape index (κ1) is 14.1. The quantitative estimate of drug-likeness (QED) is 0.752. The number of nitrogens with one attached hydrogen (secondary N) is 1. The second kappa shape index (κ2) is 6.71. The van der Waals surface area contributed by atoms with Gasteiger partial charge in [0.1, 0.15) is 9.84 Å². The smallest absolute Gasteiger partial charge is 0.150 e. The van der Waals surface area contributed by atoms with Gasteiger partial charge in [-0.15, -0.1) is 0 Å². The first-order valence-electron chi connectivity index (χ1n) is 5.89. The van der Waals surface area contributed by atoms with E-state index in [1.165, 1.54) is 0 Å². The monoisotopic (exact) mass is 256 g/mol. The average molecular weight is 256 g/mol. The molecule has 0 amide bonds. The lowest BCUT2D eigenvalue weighted by molar-refractivity contribution is 0.559. The number of nitrogens with zero attached hydrogens (tertiary/aromatic N) is 1. The van der Waals surface area contributed by atoms with Crippen LogP contribution in [-0.2, 0) is 9.84 Å². The molecule has 1 N–H and O–H groups in total. The molecule has 0 aliphatic carbocycles. The van der Waals surface area contributed by atoms with Gasteiger partial charge in [0.25, 0.3) is 0 Å². The molecule has 1 rings (SSSR count). The van der Waals surface area contributed by atoms with Gasteiger partial charge in [0.15, 0.2) is 0 Å². The molecule has 17 heavy (non-hydrogen) atoms. The van der Waals surface area contributed by atoms with Crippen molar-refractivity contribution in [2.45, 2.75) is 26.3 Å². The Morgan fingerprint density at radius 3 is 2.82 bits per heavy atom. The zero-order chi connectivity index (χ0) is 12.7. The van der Waals surface area contributed by atoms with E-state index in [4.69, 9.17) is 0 Å². The van der Waals surface area contributed by atoms with Gasteiger partial charge in [0, 0.05) is 24.2 Å². The van der Waals surface area contributed by atoms with Crippen molar-refractivity contribution in [2.24, 2.45) is 0 Å². The first-order valence-corrected chi connectivity index (χ1v) is 7.71. The SMILES string of the molecule is CCS(=O)(=O)CCCN[C@@H](C)c1cccnc1. The lowest BCUT2D eigenvalue weighted by atomic mass is 10.1. The van der Waals surface area contributed by atoms with Crippen LogP contribution < -0.4 is 5.32 Å². The second-order valence-corrected chi connectivity index (χ2v) is 6.52. The summed E-state index contributed by atoms with van der Waals surface area (Å²) in [5.74, 6) is 0.488. The topological polar surface area (TPSA) is 59.1 Å². The zero-order valence-corrected chi connectivity index (χ0v) is 11.2. The van der Waals surface area contributed by atoms with E-state index < -0.39 is 9.84 Å². The van der Waals surface area contributed by atoms with Gasteiger partial charge in [-0.3, -0.25) is 4.98 Å². The van der Waals surface area contributed by atoms with Crippen LogP contribution in [0.2, 0.25) is 0 Å². The maximum atomic E-state index is 11.3. The van der Waals surface area contributed by atoms with Gasteiger partial charge in [-0.25, -0.2) is 8.42 Å². The largest absolute Gasteiger partial charge is 0.310 e. The van der Waals surface area contributed by atoms with Gasteiger partial charge in [-0.2, -0.15) is 0 Å². The Morgan fingerprint density at radius 2 is 2.24 bits per heavy atom. The number of aromatic nitrogens is 1. The molecule has 0 radical (unpaired) electrons. The van der Waals surface area contributed by atoms with Crippen LogP contribution in [0.5, 0.6) is 0 Å². The summed E-state index contributed by atoms with van der Waals surface area (Å²) in [7, 11) is -2.83. The highest BCUT2D eigenvalue weighted by Crippen LogP contribution is 2.09. The van der Waals surface area contributed by atoms with Crippen molar-refractivity contribution in [3.63, 3.8) is 0 Å². The normalized spacial score (nSPS) is 13.5. The molecule has 1 aromatic rings. The highest BCUT2D eigenvalue weighted by atomic mass is 32.2. The average Bonchev–Trinajstić information content (AvgIpc) is 2.35. The molecule has 0 saturated heterocycles. The van der Waals surface area contributed by atoms with Crippen molar-refractivity contribution in [3.8, 4) is 0 Å². The van der Waals surface area contributed by atoms with Crippen LogP contribution in [0.15, 0.2) is 24.5 Å². The molecule has 0 bridgehead atoms. The molecule has 5 heteroatoms. The number of hydrogen-bond acceptors (Lipinski definition) is 4. The lowest BCUT2D eigenvalue weighted by Gasteiger charge is -2.13. The molecular weight excluding hydrogens is 236 g/mol. The minimum atomic E-state index is -2.83. The van der Waals surface area contributed by atoms with Crippen LogP contribution in [0.25, 0.3) is 0 Å². The molecule has 0 aliphatic rings. The lowest BCUT2D eigenvalue weighted by Crippen LogP contribution is -2.22. The van der Waals surface area contributed by atoms with Crippen molar-refractivity contribution in [2.75, 3.05) is 18.1 Å². The van der Waals surface area contributed by atoms with E-state index in [2.05, 4.69) is 10.3 Å². The molecule has 0 fully saturated rings. The number of rotatable bonds is 7. The molecule has 0 aromatic carbocycles. The highest BCUT2D eigenvalue weighted by Gasteiger charge is 2.08. The predicted octanol–water partition coefficient (Wildman–Crippen LogP) is 1.56. The first-order chi connectivity index (χ1) is 8.05. The molecule has 1 heterocycles.